The second-order valence-electron chi connectivity index (χ2n) is 7.11. The second kappa shape index (κ2) is 9.37. The minimum Gasteiger partial charge on any atom is -0.356 e. The average Bonchev–Trinajstić information content (AvgIpc) is 2.72. The van der Waals surface area contributed by atoms with Crippen molar-refractivity contribution in [1.29, 1.82) is 0 Å². The van der Waals surface area contributed by atoms with Crippen molar-refractivity contribution in [1.82, 2.24) is 4.72 Å². The van der Waals surface area contributed by atoms with Crippen LogP contribution in [-0.4, -0.2) is 6.54 Å². The number of thiol groups is 1. The molecule has 0 fully saturated rings. The van der Waals surface area contributed by atoms with E-state index in [0.717, 1.165) is 23.0 Å². The van der Waals surface area contributed by atoms with Crippen molar-refractivity contribution in [2.24, 2.45) is 5.41 Å². The van der Waals surface area contributed by atoms with Crippen LogP contribution in [0.5, 0.6) is 0 Å². The molecule has 3 rings (SSSR count). The Hall–Kier alpha value is -2.44. The summed E-state index contributed by atoms with van der Waals surface area (Å²) in [4.78, 5) is 0. The van der Waals surface area contributed by atoms with E-state index in [-0.39, 0.29) is 5.82 Å². The molecule has 2 nitrogen and oxygen atoms in total. The van der Waals surface area contributed by atoms with Gasteiger partial charge in [-0.3, -0.25) is 4.72 Å². The topological polar surface area (TPSA) is 24.1 Å². The van der Waals surface area contributed by atoms with Crippen LogP contribution in [0.15, 0.2) is 78.5 Å². The average molecular weight is 417 g/mol. The number of hydrogen-bond acceptors (Lipinski definition) is 3. The Bertz CT molecular complexity index is 938. The van der Waals surface area contributed by atoms with Crippen LogP contribution in [0.3, 0.4) is 0 Å². The fraction of sp³-hybridized carbons (Fsp3) is 0.217. The maximum absolute atomic E-state index is 13.7. The highest BCUT2D eigenvalue weighted by Crippen LogP contribution is 2.42. The first-order valence-electron chi connectivity index (χ1n) is 9.34. The third kappa shape index (κ3) is 5.14. The number of halogens is 3. The predicted octanol–water partition coefficient (Wildman–Crippen LogP) is 5.97. The molecule has 0 saturated heterocycles. The van der Waals surface area contributed by atoms with Crippen LogP contribution >= 0.6 is 12.8 Å². The van der Waals surface area contributed by atoms with E-state index < -0.39 is 17.0 Å². The van der Waals surface area contributed by atoms with E-state index in [1.54, 1.807) is 18.2 Å². The molecule has 152 valence electrons. The zero-order chi connectivity index (χ0) is 20.9. The van der Waals surface area contributed by atoms with Crippen LogP contribution in [0.2, 0.25) is 0 Å². The van der Waals surface area contributed by atoms with E-state index in [0.29, 0.717) is 31.4 Å². The van der Waals surface area contributed by atoms with Crippen molar-refractivity contribution in [3.05, 3.63) is 102 Å². The largest absolute Gasteiger partial charge is 0.356 e. The molecule has 2 aromatic rings. The molecule has 0 spiro atoms. The van der Waals surface area contributed by atoms with Crippen molar-refractivity contribution >= 4 is 18.5 Å². The van der Waals surface area contributed by atoms with Crippen molar-refractivity contribution in [2.75, 3.05) is 11.9 Å². The molecule has 2 N–H and O–H groups in total. The predicted molar refractivity (Wildman–Crippen MR) is 115 cm³/mol. The summed E-state index contributed by atoms with van der Waals surface area (Å²) < 4.78 is 43.0. The number of benzene rings is 2. The van der Waals surface area contributed by atoms with E-state index in [4.69, 9.17) is 0 Å². The maximum Gasteiger partial charge on any atom is 0.159 e. The summed E-state index contributed by atoms with van der Waals surface area (Å²) in [5.41, 5.74) is 3.08. The number of nitrogens with one attached hydrogen (secondary N) is 2. The summed E-state index contributed by atoms with van der Waals surface area (Å²) in [7, 11) is 0. The minimum atomic E-state index is -0.856. The van der Waals surface area contributed by atoms with Gasteiger partial charge in [0.05, 0.1) is 0 Å². The first kappa shape index (κ1) is 21.3. The molecule has 0 radical (unpaired) electrons. The standard InChI is InChI=1S/C23H23F3N2S/c1-2-23(15-16-3-8-21(25)22(26)13-16)11-9-20(14-17(23)10-12-27-29)28-19-6-4-18(24)5-7-19/h2-9,13-14,27-29H,1,10-12,15H2. The van der Waals surface area contributed by atoms with Gasteiger partial charge in [-0.2, -0.15) is 0 Å². The Balaban J connectivity index is 1.87. The number of rotatable bonds is 8. The summed E-state index contributed by atoms with van der Waals surface area (Å²) in [6, 6.07) is 10.2. The van der Waals surface area contributed by atoms with Crippen LogP contribution in [0, 0.1) is 22.9 Å². The highest BCUT2D eigenvalue weighted by molar-refractivity contribution is 7.78. The van der Waals surface area contributed by atoms with Crippen LogP contribution < -0.4 is 10.0 Å². The van der Waals surface area contributed by atoms with Crippen molar-refractivity contribution in [2.45, 2.75) is 19.3 Å². The molecule has 0 aliphatic heterocycles. The molecule has 0 amide bonds. The zero-order valence-electron chi connectivity index (χ0n) is 15.9. The van der Waals surface area contributed by atoms with Gasteiger partial charge >= 0.3 is 0 Å². The number of anilines is 1. The molecular weight excluding hydrogens is 393 g/mol. The monoisotopic (exact) mass is 416 g/mol. The molecule has 1 aliphatic carbocycles. The first-order chi connectivity index (χ1) is 14.0. The normalized spacial score (nSPS) is 18.8. The quantitative estimate of drug-likeness (QED) is 0.365. The van der Waals surface area contributed by atoms with Gasteiger partial charge in [0.2, 0.25) is 0 Å². The SMILES string of the molecule is C=CC1(Cc2ccc(F)c(F)c2)CC=C(Nc2ccc(F)cc2)C=C1CCNS. The lowest BCUT2D eigenvalue weighted by Gasteiger charge is -2.36. The van der Waals surface area contributed by atoms with Gasteiger partial charge in [-0.25, -0.2) is 13.2 Å². The molecule has 0 saturated carbocycles. The molecule has 6 heteroatoms. The van der Waals surface area contributed by atoms with Crippen LogP contribution in [-0.2, 0) is 6.42 Å². The minimum absolute atomic E-state index is 0.290. The molecule has 1 atom stereocenters. The van der Waals surface area contributed by atoms with Crippen LogP contribution in [0.1, 0.15) is 18.4 Å². The van der Waals surface area contributed by atoms with Crippen molar-refractivity contribution < 1.29 is 13.2 Å². The number of hydrogen-bond donors (Lipinski definition) is 3. The highest BCUT2D eigenvalue weighted by Gasteiger charge is 2.33. The van der Waals surface area contributed by atoms with E-state index in [9.17, 15) is 13.2 Å². The summed E-state index contributed by atoms with van der Waals surface area (Å²) in [5.74, 6) is -2.00. The smallest absolute Gasteiger partial charge is 0.159 e. The Morgan fingerprint density at radius 3 is 2.48 bits per heavy atom. The van der Waals surface area contributed by atoms with Gasteiger partial charge in [-0.15, -0.1) is 6.58 Å². The Morgan fingerprint density at radius 2 is 1.83 bits per heavy atom. The summed E-state index contributed by atoms with van der Waals surface area (Å²) in [6.07, 6.45) is 7.83. The Morgan fingerprint density at radius 1 is 1.07 bits per heavy atom. The summed E-state index contributed by atoms with van der Waals surface area (Å²) in [6.45, 7) is 4.68. The summed E-state index contributed by atoms with van der Waals surface area (Å²) >= 11 is 4.08. The van der Waals surface area contributed by atoms with Gasteiger partial charge in [-0.1, -0.05) is 36.6 Å². The molecule has 0 aromatic heterocycles. The van der Waals surface area contributed by atoms with E-state index in [1.807, 2.05) is 18.2 Å². The summed E-state index contributed by atoms with van der Waals surface area (Å²) in [5, 5.41) is 3.29. The first-order valence-corrected chi connectivity index (χ1v) is 9.79. The Kier molecular flexibility index (Phi) is 6.87. The van der Waals surface area contributed by atoms with Crippen LogP contribution in [0.25, 0.3) is 0 Å². The van der Waals surface area contributed by atoms with E-state index in [2.05, 4.69) is 29.4 Å². The lowest BCUT2D eigenvalue weighted by Crippen LogP contribution is -2.28. The maximum atomic E-state index is 13.7. The molecule has 1 unspecified atom stereocenters. The number of allylic oxidation sites excluding steroid dienone is 3. The molecule has 0 bridgehead atoms. The lowest BCUT2D eigenvalue weighted by atomic mass is 9.69. The molecular formula is C23H23F3N2S. The molecule has 1 aliphatic rings. The van der Waals surface area contributed by atoms with Gasteiger partial charge in [0.1, 0.15) is 5.82 Å². The fourth-order valence-electron chi connectivity index (χ4n) is 3.60. The van der Waals surface area contributed by atoms with Gasteiger partial charge in [0.15, 0.2) is 11.6 Å². The lowest BCUT2D eigenvalue weighted by molar-refractivity contribution is 0.436. The highest BCUT2D eigenvalue weighted by atomic mass is 32.1. The molecule has 2 aromatic carbocycles. The van der Waals surface area contributed by atoms with Crippen molar-refractivity contribution in [3.8, 4) is 0 Å². The van der Waals surface area contributed by atoms with Gasteiger partial charge < -0.3 is 5.32 Å². The second-order valence-corrected chi connectivity index (χ2v) is 7.42. The molecule has 29 heavy (non-hydrogen) atoms. The zero-order valence-corrected chi connectivity index (χ0v) is 16.8. The van der Waals surface area contributed by atoms with Crippen molar-refractivity contribution in [3.63, 3.8) is 0 Å². The van der Waals surface area contributed by atoms with Gasteiger partial charge in [0.25, 0.3) is 0 Å². The third-order valence-corrected chi connectivity index (χ3v) is 5.41. The van der Waals surface area contributed by atoms with E-state index >= 15 is 0 Å². The fourth-order valence-corrected chi connectivity index (χ4v) is 3.71. The Labute approximate surface area is 174 Å². The van der Waals surface area contributed by atoms with E-state index in [1.165, 1.54) is 18.2 Å². The van der Waals surface area contributed by atoms with Crippen LogP contribution in [0.4, 0.5) is 18.9 Å². The van der Waals surface area contributed by atoms with Gasteiger partial charge in [0, 0.05) is 23.3 Å². The van der Waals surface area contributed by atoms with Gasteiger partial charge in [-0.05, 0) is 67.3 Å². The third-order valence-electron chi connectivity index (χ3n) is 5.19. The molecule has 0 heterocycles.